The molecule has 1 aromatic heterocycles. The lowest BCUT2D eigenvalue weighted by Gasteiger charge is -2.31. The molecule has 1 fully saturated rings. The van der Waals surface area contributed by atoms with Crippen LogP contribution in [0, 0.1) is 5.92 Å². The van der Waals surface area contributed by atoms with E-state index in [1.165, 1.54) is 4.57 Å². The first-order chi connectivity index (χ1) is 11.0. The third-order valence-electron chi connectivity index (χ3n) is 4.77. The molecule has 2 atom stereocenters. The zero-order chi connectivity index (χ0) is 16.6. The van der Waals surface area contributed by atoms with Crippen LogP contribution >= 0.6 is 0 Å². The van der Waals surface area contributed by atoms with E-state index >= 15 is 0 Å². The van der Waals surface area contributed by atoms with Crippen LogP contribution in [-0.2, 0) is 7.05 Å². The van der Waals surface area contributed by atoms with Gasteiger partial charge >= 0.3 is 5.76 Å². The minimum Gasteiger partial charge on any atom is -0.407 e. The lowest BCUT2D eigenvalue weighted by molar-refractivity contribution is 0.0451. The van der Waals surface area contributed by atoms with E-state index in [4.69, 9.17) is 4.42 Å². The molecule has 23 heavy (non-hydrogen) atoms. The fraction of sp³-hybridized carbons (Fsp3) is 0.529. The number of aliphatic hydroxyl groups excluding tert-OH is 1. The molecular weight excluding hydrogens is 296 g/mol. The van der Waals surface area contributed by atoms with Crippen LogP contribution in [0.4, 0.5) is 0 Å². The number of amides is 1. The lowest BCUT2D eigenvalue weighted by atomic mass is 9.86. The first-order valence-electron chi connectivity index (χ1n) is 8.01. The predicted octanol–water partition coefficient (Wildman–Crippen LogP) is 1.75. The van der Waals surface area contributed by atoms with Crippen molar-refractivity contribution in [2.24, 2.45) is 13.0 Å². The van der Waals surface area contributed by atoms with Gasteiger partial charge in [-0.15, -0.1) is 0 Å². The van der Waals surface area contributed by atoms with Gasteiger partial charge in [-0.2, -0.15) is 0 Å². The van der Waals surface area contributed by atoms with Crippen molar-refractivity contribution in [1.29, 1.82) is 0 Å². The van der Waals surface area contributed by atoms with Gasteiger partial charge < -0.3 is 14.4 Å². The third-order valence-corrected chi connectivity index (χ3v) is 4.77. The SMILES string of the molecule is CN(CC1CCCCC1O)C(=O)c1cccc2c1oc(=O)n2C. The molecule has 1 aliphatic carbocycles. The summed E-state index contributed by atoms with van der Waals surface area (Å²) < 4.78 is 6.61. The third kappa shape index (κ3) is 2.91. The van der Waals surface area contributed by atoms with E-state index in [2.05, 4.69) is 0 Å². The fourth-order valence-corrected chi connectivity index (χ4v) is 3.36. The average molecular weight is 318 g/mol. The molecule has 1 amide bonds. The molecule has 0 radical (unpaired) electrons. The summed E-state index contributed by atoms with van der Waals surface area (Å²) in [5, 5.41) is 10.1. The van der Waals surface area contributed by atoms with Crippen molar-refractivity contribution >= 4 is 17.0 Å². The Kier molecular flexibility index (Phi) is 4.26. The standard InChI is InChI=1S/C17H22N2O4/c1-18(10-11-6-3-4-9-14(11)20)16(21)12-7-5-8-13-15(12)23-17(22)19(13)2/h5,7-8,11,14,20H,3-4,6,9-10H2,1-2H3. The van der Waals surface area contributed by atoms with Gasteiger partial charge in [0.15, 0.2) is 5.58 Å². The number of para-hydroxylation sites is 1. The molecule has 0 spiro atoms. The molecule has 6 heteroatoms. The summed E-state index contributed by atoms with van der Waals surface area (Å²) in [5.74, 6) is -0.562. The van der Waals surface area contributed by atoms with Crippen molar-refractivity contribution < 1.29 is 14.3 Å². The van der Waals surface area contributed by atoms with Gasteiger partial charge in [0.25, 0.3) is 5.91 Å². The zero-order valence-corrected chi connectivity index (χ0v) is 13.5. The monoisotopic (exact) mass is 318 g/mol. The summed E-state index contributed by atoms with van der Waals surface area (Å²) in [6.07, 6.45) is 3.53. The molecule has 6 nitrogen and oxygen atoms in total. The lowest BCUT2D eigenvalue weighted by Crippen LogP contribution is -2.38. The van der Waals surface area contributed by atoms with E-state index in [0.29, 0.717) is 23.2 Å². The first kappa shape index (κ1) is 15.8. The molecule has 1 N–H and O–H groups in total. The minimum atomic E-state index is -0.481. The molecule has 0 bridgehead atoms. The molecule has 0 saturated heterocycles. The number of aryl methyl sites for hydroxylation is 1. The molecule has 3 rings (SSSR count). The van der Waals surface area contributed by atoms with Gasteiger partial charge in [-0.25, -0.2) is 4.79 Å². The molecule has 1 heterocycles. The van der Waals surface area contributed by atoms with Gasteiger partial charge in [0.1, 0.15) is 0 Å². The molecule has 2 aromatic rings. The Morgan fingerprint density at radius 3 is 2.87 bits per heavy atom. The second-order valence-electron chi connectivity index (χ2n) is 6.38. The Bertz CT molecular complexity index is 776. The van der Waals surface area contributed by atoms with Crippen LogP contribution in [0.3, 0.4) is 0 Å². The van der Waals surface area contributed by atoms with Crippen molar-refractivity contribution in [2.45, 2.75) is 31.8 Å². The van der Waals surface area contributed by atoms with Crippen LogP contribution in [0.1, 0.15) is 36.0 Å². The Morgan fingerprint density at radius 2 is 2.13 bits per heavy atom. The van der Waals surface area contributed by atoms with Crippen LogP contribution in [0.15, 0.2) is 27.4 Å². The van der Waals surface area contributed by atoms with Crippen LogP contribution in [-0.4, -0.2) is 40.2 Å². The van der Waals surface area contributed by atoms with E-state index in [1.807, 2.05) is 0 Å². The maximum absolute atomic E-state index is 12.7. The Hall–Kier alpha value is -2.08. The summed E-state index contributed by atoms with van der Waals surface area (Å²) >= 11 is 0. The Morgan fingerprint density at radius 1 is 1.39 bits per heavy atom. The van der Waals surface area contributed by atoms with Crippen molar-refractivity contribution in [1.82, 2.24) is 9.47 Å². The van der Waals surface area contributed by atoms with Crippen molar-refractivity contribution in [3.63, 3.8) is 0 Å². The summed E-state index contributed by atoms with van der Waals surface area (Å²) in [7, 11) is 3.34. The minimum absolute atomic E-state index is 0.111. The normalized spacial score (nSPS) is 21.5. The number of aromatic nitrogens is 1. The van der Waals surface area contributed by atoms with E-state index in [0.717, 1.165) is 25.7 Å². The van der Waals surface area contributed by atoms with Gasteiger partial charge in [-0.3, -0.25) is 9.36 Å². The van der Waals surface area contributed by atoms with Crippen LogP contribution in [0.25, 0.3) is 11.1 Å². The molecule has 0 aliphatic heterocycles. The maximum atomic E-state index is 12.7. The highest BCUT2D eigenvalue weighted by Crippen LogP contribution is 2.26. The molecule has 1 saturated carbocycles. The van der Waals surface area contributed by atoms with E-state index in [9.17, 15) is 14.7 Å². The first-order valence-corrected chi connectivity index (χ1v) is 8.01. The van der Waals surface area contributed by atoms with Crippen molar-refractivity contribution in [2.75, 3.05) is 13.6 Å². The highest BCUT2D eigenvalue weighted by Gasteiger charge is 2.27. The number of nitrogens with zero attached hydrogens (tertiary/aromatic N) is 2. The second kappa shape index (κ2) is 6.20. The summed E-state index contributed by atoms with van der Waals surface area (Å²) in [6.45, 7) is 0.507. The summed E-state index contributed by atoms with van der Waals surface area (Å²) in [5.41, 5.74) is 1.31. The van der Waals surface area contributed by atoms with Crippen LogP contribution < -0.4 is 5.76 Å². The van der Waals surface area contributed by atoms with E-state index in [-0.39, 0.29) is 17.9 Å². The predicted molar refractivity (Wildman–Crippen MR) is 86.4 cm³/mol. The highest BCUT2D eigenvalue weighted by atomic mass is 16.4. The smallest absolute Gasteiger partial charge is 0.407 e. The van der Waals surface area contributed by atoms with Gasteiger partial charge in [0, 0.05) is 26.6 Å². The van der Waals surface area contributed by atoms with E-state index < -0.39 is 5.76 Å². The number of benzene rings is 1. The number of hydrogen-bond donors (Lipinski definition) is 1. The van der Waals surface area contributed by atoms with Gasteiger partial charge in [0.05, 0.1) is 17.2 Å². The van der Waals surface area contributed by atoms with E-state index in [1.54, 1.807) is 37.2 Å². The molecular formula is C17H22N2O4. The zero-order valence-electron chi connectivity index (χ0n) is 13.5. The highest BCUT2D eigenvalue weighted by molar-refractivity contribution is 6.04. The maximum Gasteiger partial charge on any atom is 0.419 e. The molecule has 1 aromatic carbocycles. The van der Waals surface area contributed by atoms with Gasteiger partial charge in [-0.1, -0.05) is 18.9 Å². The number of carbonyl (C=O) groups excluding carboxylic acids is 1. The quantitative estimate of drug-likeness (QED) is 0.935. The number of fused-ring (bicyclic) bond motifs is 1. The van der Waals surface area contributed by atoms with Crippen molar-refractivity contribution in [3.05, 3.63) is 34.3 Å². The molecule has 1 aliphatic rings. The van der Waals surface area contributed by atoms with Crippen LogP contribution in [0.2, 0.25) is 0 Å². The average Bonchev–Trinajstić information content (AvgIpc) is 2.84. The summed E-state index contributed by atoms with van der Waals surface area (Å²) in [6, 6.07) is 5.16. The topological polar surface area (TPSA) is 75.7 Å². The van der Waals surface area contributed by atoms with Gasteiger partial charge in [-0.05, 0) is 25.0 Å². The Balaban J connectivity index is 1.85. The van der Waals surface area contributed by atoms with Crippen LogP contribution in [0.5, 0.6) is 0 Å². The molecule has 2 unspecified atom stereocenters. The largest absolute Gasteiger partial charge is 0.419 e. The Labute approximate surface area is 134 Å². The number of hydrogen-bond acceptors (Lipinski definition) is 4. The molecule has 124 valence electrons. The second-order valence-corrected chi connectivity index (χ2v) is 6.38. The van der Waals surface area contributed by atoms with Crippen molar-refractivity contribution in [3.8, 4) is 0 Å². The summed E-state index contributed by atoms with van der Waals surface area (Å²) in [4.78, 5) is 26.0. The number of oxazole rings is 1. The van der Waals surface area contributed by atoms with Gasteiger partial charge in [0.2, 0.25) is 0 Å². The number of rotatable bonds is 3. The number of carbonyl (C=O) groups is 1. The number of aliphatic hydroxyl groups is 1. The fourth-order valence-electron chi connectivity index (χ4n) is 3.36.